The van der Waals surface area contributed by atoms with Gasteiger partial charge in [0.2, 0.25) is 0 Å². The van der Waals surface area contributed by atoms with Gasteiger partial charge in [0.15, 0.2) is 0 Å². The molecule has 3 heteroatoms. The maximum atomic E-state index is 11.5. The van der Waals surface area contributed by atoms with Crippen LogP contribution in [0.3, 0.4) is 0 Å². The van der Waals surface area contributed by atoms with E-state index < -0.39 is 0 Å². The maximum Gasteiger partial charge on any atom is 0.149 e. The maximum absolute atomic E-state index is 11.5. The van der Waals surface area contributed by atoms with Crippen molar-refractivity contribution in [1.29, 1.82) is 0 Å². The average Bonchev–Trinajstić information content (AvgIpc) is 2.19. The minimum absolute atomic E-state index is 0.180. The highest BCUT2D eigenvalue weighted by molar-refractivity contribution is 5.83. The Morgan fingerprint density at radius 2 is 2.23 bits per heavy atom. The zero-order valence-corrected chi connectivity index (χ0v) is 7.71. The second-order valence-corrected chi connectivity index (χ2v) is 3.16. The van der Waals surface area contributed by atoms with Gasteiger partial charge in [-0.25, -0.2) is 0 Å². The van der Waals surface area contributed by atoms with E-state index in [-0.39, 0.29) is 11.7 Å². The number of hydrogen-bond donors (Lipinski definition) is 1. The Labute approximate surface area is 78.8 Å². The topological polar surface area (TPSA) is 38.3 Å². The average molecular weight is 181 g/mol. The van der Waals surface area contributed by atoms with E-state index >= 15 is 0 Å². The molecule has 1 N–H and O–H groups in total. The van der Waals surface area contributed by atoms with E-state index in [9.17, 15) is 4.79 Å². The first-order valence-electron chi connectivity index (χ1n) is 4.59. The molecule has 0 aromatic rings. The molecule has 13 heavy (non-hydrogen) atoms. The second-order valence-electron chi connectivity index (χ2n) is 3.16. The van der Waals surface area contributed by atoms with E-state index in [0.29, 0.717) is 26.3 Å². The van der Waals surface area contributed by atoms with Crippen LogP contribution < -0.4 is 5.32 Å². The molecule has 0 spiro atoms. The third-order valence-corrected chi connectivity index (χ3v) is 2.20. The van der Waals surface area contributed by atoms with Crippen molar-refractivity contribution in [3.63, 3.8) is 0 Å². The molecule has 1 saturated heterocycles. The third-order valence-electron chi connectivity index (χ3n) is 2.20. The van der Waals surface area contributed by atoms with Crippen molar-refractivity contribution in [2.75, 3.05) is 26.3 Å². The number of nitrogens with one attached hydrogen (secondary N) is 1. The van der Waals surface area contributed by atoms with Crippen LogP contribution in [-0.4, -0.2) is 32.1 Å². The molecule has 0 amide bonds. The molecule has 0 aromatic heterocycles. The largest absolute Gasteiger partial charge is 0.381 e. The van der Waals surface area contributed by atoms with Crippen molar-refractivity contribution in [2.45, 2.75) is 12.8 Å². The van der Waals surface area contributed by atoms with Crippen LogP contribution in [0.1, 0.15) is 12.8 Å². The summed E-state index contributed by atoms with van der Waals surface area (Å²) in [5.41, 5.74) is 0. The number of ether oxygens (including phenoxy) is 1. The van der Waals surface area contributed by atoms with Crippen molar-refractivity contribution >= 4 is 5.78 Å². The van der Waals surface area contributed by atoms with Crippen LogP contribution >= 0.6 is 0 Å². The monoisotopic (exact) mass is 181 g/mol. The number of carbonyl (C=O) groups is 1. The molecule has 1 aliphatic heterocycles. The molecule has 3 nitrogen and oxygen atoms in total. The summed E-state index contributed by atoms with van der Waals surface area (Å²) < 4.78 is 5.17. The van der Waals surface area contributed by atoms with E-state index in [2.05, 4.69) is 11.2 Å². The Balaban J connectivity index is 2.18. The lowest BCUT2D eigenvalue weighted by molar-refractivity contribution is -0.124. The number of ketones is 1. The van der Waals surface area contributed by atoms with Crippen LogP contribution in [0, 0.1) is 18.3 Å². The van der Waals surface area contributed by atoms with Crippen LogP contribution in [0.2, 0.25) is 0 Å². The predicted molar refractivity (Wildman–Crippen MR) is 50.3 cm³/mol. The van der Waals surface area contributed by atoms with Gasteiger partial charge in [0.25, 0.3) is 0 Å². The fourth-order valence-electron chi connectivity index (χ4n) is 1.42. The van der Waals surface area contributed by atoms with E-state index in [1.165, 1.54) is 0 Å². The van der Waals surface area contributed by atoms with Gasteiger partial charge in [-0.15, -0.1) is 6.42 Å². The quantitative estimate of drug-likeness (QED) is 0.497. The summed E-state index contributed by atoms with van der Waals surface area (Å²) in [6.07, 6.45) is 6.76. The van der Waals surface area contributed by atoms with E-state index in [1.807, 2.05) is 0 Å². The summed E-state index contributed by atoms with van der Waals surface area (Å²) in [5.74, 6) is 2.88. The molecular formula is C10H15NO2. The van der Waals surface area contributed by atoms with Gasteiger partial charge in [0.05, 0.1) is 13.1 Å². The molecule has 1 rings (SSSR count). The molecule has 0 saturated carbocycles. The first-order valence-corrected chi connectivity index (χ1v) is 4.59. The highest BCUT2D eigenvalue weighted by atomic mass is 16.5. The lowest BCUT2D eigenvalue weighted by atomic mass is 9.95. The Bertz CT molecular complexity index is 201. The lowest BCUT2D eigenvalue weighted by Gasteiger charge is -2.20. The third kappa shape index (κ3) is 3.58. The Kier molecular flexibility index (Phi) is 4.52. The first kappa shape index (κ1) is 10.2. The highest BCUT2D eigenvalue weighted by Crippen LogP contribution is 2.14. The van der Waals surface area contributed by atoms with E-state index in [1.54, 1.807) is 0 Å². The summed E-state index contributed by atoms with van der Waals surface area (Å²) in [5, 5.41) is 2.91. The van der Waals surface area contributed by atoms with Crippen molar-refractivity contribution < 1.29 is 9.53 Å². The summed E-state index contributed by atoms with van der Waals surface area (Å²) in [4.78, 5) is 11.5. The summed E-state index contributed by atoms with van der Waals surface area (Å²) in [6.45, 7) is 2.29. The van der Waals surface area contributed by atoms with Gasteiger partial charge in [-0.2, -0.15) is 0 Å². The molecule has 0 aromatic carbocycles. The van der Waals surface area contributed by atoms with Gasteiger partial charge in [-0.1, -0.05) is 5.92 Å². The molecule has 0 aliphatic carbocycles. The number of hydrogen-bond acceptors (Lipinski definition) is 3. The fourth-order valence-corrected chi connectivity index (χ4v) is 1.42. The Morgan fingerprint density at radius 3 is 2.85 bits per heavy atom. The molecule has 1 fully saturated rings. The molecule has 0 unspecified atom stereocenters. The standard InChI is InChI=1S/C10H15NO2/c1-2-5-11-8-10(12)9-3-6-13-7-4-9/h1,9,11H,3-8H2. The van der Waals surface area contributed by atoms with Gasteiger partial charge in [0, 0.05) is 19.1 Å². The number of Topliss-reactive ketones (excluding diaryl/α,β-unsaturated/α-hetero) is 1. The van der Waals surface area contributed by atoms with Crippen molar-refractivity contribution in [2.24, 2.45) is 5.92 Å². The van der Waals surface area contributed by atoms with Gasteiger partial charge >= 0.3 is 0 Å². The second kappa shape index (κ2) is 5.74. The zero-order chi connectivity index (χ0) is 9.52. The number of terminal acetylenes is 1. The Hall–Kier alpha value is -0.850. The minimum Gasteiger partial charge on any atom is -0.381 e. The molecule has 72 valence electrons. The molecule has 0 atom stereocenters. The smallest absolute Gasteiger partial charge is 0.149 e. The van der Waals surface area contributed by atoms with Crippen LogP contribution in [0.4, 0.5) is 0 Å². The van der Waals surface area contributed by atoms with Gasteiger partial charge in [-0.05, 0) is 12.8 Å². The fraction of sp³-hybridized carbons (Fsp3) is 0.700. The van der Waals surface area contributed by atoms with E-state index in [4.69, 9.17) is 11.2 Å². The highest BCUT2D eigenvalue weighted by Gasteiger charge is 2.20. The SMILES string of the molecule is C#CCNCC(=O)C1CCOCC1. The summed E-state index contributed by atoms with van der Waals surface area (Å²) >= 11 is 0. The summed E-state index contributed by atoms with van der Waals surface area (Å²) in [7, 11) is 0. The van der Waals surface area contributed by atoms with Crippen LogP contribution in [0.5, 0.6) is 0 Å². The van der Waals surface area contributed by atoms with Crippen LogP contribution in [0.15, 0.2) is 0 Å². The first-order chi connectivity index (χ1) is 6.34. The van der Waals surface area contributed by atoms with E-state index in [0.717, 1.165) is 12.8 Å². The molecule has 0 bridgehead atoms. The zero-order valence-electron chi connectivity index (χ0n) is 7.71. The predicted octanol–water partition coefficient (Wildman–Crippen LogP) is 0.205. The van der Waals surface area contributed by atoms with Crippen LogP contribution in [0.25, 0.3) is 0 Å². The van der Waals surface area contributed by atoms with Crippen molar-refractivity contribution in [3.05, 3.63) is 0 Å². The van der Waals surface area contributed by atoms with Crippen molar-refractivity contribution in [1.82, 2.24) is 5.32 Å². The molecular weight excluding hydrogens is 166 g/mol. The Morgan fingerprint density at radius 1 is 1.54 bits per heavy atom. The van der Waals surface area contributed by atoms with Gasteiger partial charge in [-0.3, -0.25) is 10.1 Å². The molecule has 0 radical (unpaired) electrons. The molecule has 1 aliphatic rings. The van der Waals surface area contributed by atoms with Gasteiger partial charge in [0.1, 0.15) is 5.78 Å². The van der Waals surface area contributed by atoms with Crippen molar-refractivity contribution in [3.8, 4) is 12.3 Å². The van der Waals surface area contributed by atoms with Crippen LogP contribution in [-0.2, 0) is 9.53 Å². The number of rotatable bonds is 4. The molecule has 1 heterocycles. The van der Waals surface area contributed by atoms with Gasteiger partial charge < -0.3 is 4.74 Å². The number of carbonyl (C=O) groups excluding carboxylic acids is 1. The lowest BCUT2D eigenvalue weighted by Crippen LogP contribution is -2.32. The minimum atomic E-state index is 0.180. The summed E-state index contributed by atoms with van der Waals surface area (Å²) in [6, 6.07) is 0. The normalized spacial score (nSPS) is 18.1.